The fraction of sp³-hybridized carbons (Fsp3) is 0.538. The van der Waals surface area contributed by atoms with Gasteiger partial charge in [-0.25, -0.2) is 0 Å². The van der Waals surface area contributed by atoms with E-state index in [-0.39, 0.29) is 6.10 Å². The first-order chi connectivity index (χ1) is 8.15. The summed E-state index contributed by atoms with van der Waals surface area (Å²) in [5.74, 6) is 0.274. The van der Waals surface area contributed by atoms with Gasteiger partial charge in [0.25, 0.3) is 0 Å². The van der Waals surface area contributed by atoms with Gasteiger partial charge in [0, 0.05) is 13.0 Å². The maximum absolute atomic E-state index is 5.79. The van der Waals surface area contributed by atoms with Gasteiger partial charge in [0.1, 0.15) is 5.75 Å². The summed E-state index contributed by atoms with van der Waals surface area (Å²) in [5.41, 5.74) is 6.70. The summed E-state index contributed by atoms with van der Waals surface area (Å²) in [6.45, 7) is 3.01. The van der Waals surface area contributed by atoms with Gasteiger partial charge in [-0.3, -0.25) is 0 Å². The summed E-state index contributed by atoms with van der Waals surface area (Å²) >= 11 is 0. The molecule has 2 atom stereocenters. The summed E-state index contributed by atoms with van der Waals surface area (Å²) in [7, 11) is 1.66. The summed E-state index contributed by atoms with van der Waals surface area (Å²) in [4.78, 5) is 0. The van der Waals surface area contributed by atoms with Crippen molar-refractivity contribution in [3.63, 3.8) is 0 Å². The van der Waals surface area contributed by atoms with Crippen molar-refractivity contribution in [1.82, 2.24) is 0 Å². The van der Waals surface area contributed by atoms with E-state index in [1.54, 1.807) is 7.11 Å². The van der Waals surface area contributed by atoms with Crippen LogP contribution in [0, 0.1) is 0 Å². The molecule has 0 aromatic heterocycles. The topological polar surface area (TPSA) is 53.7 Å². The molecule has 2 N–H and O–H groups in total. The fourth-order valence-corrected chi connectivity index (χ4v) is 2.05. The third kappa shape index (κ3) is 2.97. The summed E-state index contributed by atoms with van der Waals surface area (Å²) in [6.07, 6.45) is 0.700. The Kier molecular flexibility index (Phi) is 3.66. The lowest BCUT2D eigenvalue weighted by atomic mass is 10.1. The molecule has 0 aliphatic carbocycles. The van der Waals surface area contributed by atoms with Crippen LogP contribution in [0.25, 0.3) is 0 Å². The van der Waals surface area contributed by atoms with Crippen LogP contribution in [0.1, 0.15) is 12.5 Å². The zero-order valence-electron chi connectivity index (χ0n) is 10.3. The molecule has 4 heteroatoms. The number of hydrogen-bond donors (Lipinski definition) is 1. The molecule has 0 spiro atoms. The normalized spacial score (nSPS) is 28.3. The van der Waals surface area contributed by atoms with Crippen LogP contribution in [0.4, 0.5) is 0 Å². The Morgan fingerprint density at radius 1 is 1.53 bits per heavy atom. The molecule has 2 unspecified atom stereocenters. The van der Waals surface area contributed by atoms with Crippen LogP contribution in [0.2, 0.25) is 0 Å². The van der Waals surface area contributed by atoms with Crippen LogP contribution in [0.15, 0.2) is 24.3 Å². The molecular weight excluding hydrogens is 218 g/mol. The first-order valence-corrected chi connectivity index (χ1v) is 5.80. The Labute approximate surface area is 102 Å². The lowest BCUT2D eigenvalue weighted by Gasteiger charge is -2.23. The van der Waals surface area contributed by atoms with Gasteiger partial charge in [-0.1, -0.05) is 12.1 Å². The number of ether oxygens (including phenoxy) is 3. The summed E-state index contributed by atoms with van der Waals surface area (Å²) < 4.78 is 16.7. The zero-order chi connectivity index (χ0) is 12.3. The van der Waals surface area contributed by atoms with Crippen molar-refractivity contribution in [2.24, 2.45) is 5.73 Å². The molecule has 4 nitrogen and oxygen atoms in total. The highest BCUT2D eigenvalue weighted by molar-refractivity contribution is 5.29. The smallest absolute Gasteiger partial charge is 0.170 e. The number of hydrogen-bond acceptors (Lipinski definition) is 4. The average molecular weight is 237 g/mol. The number of nitrogens with two attached hydrogens (primary N) is 1. The maximum atomic E-state index is 5.79. The van der Waals surface area contributed by atoms with Crippen LogP contribution in [0.3, 0.4) is 0 Å². The van der Waals surface area contributed by atoms with E-state index in [1.807, 2.05) is 31.2 Å². The van der Waals surface area contributed by atoms with Gasteiger partial charge in [0.15, 0.2) is 5.79 Å². The van der Waals surface area contributed by atoms with Crippen LogP contribution in [-0.2, 0) is 15.9 Å². The predicted molar refractivity (Wildman–Crippen MR) is 65.0 cm³/mol. The maximum Gasteiger partial charge on any atom is 0.170 e. The Balaban J connectivity index is 2.05. The monoisotopic (exact) mass is 237 g/mol. The molecule has 1 aliphatic rings. The lowest BCUT2D eigenvalue weighted by molar-refractivity contribution is -0.151. The van der Waals surface area contributed by atoms with E-state index in [0.717, 1.165) is 11.3 Å². The summed E-state index contributed by atoms with van der Waals surface area (Å²) in [5, 5.41) is 0. The van der Waals surface area contributed by atoms with Crippen molar-refractivity contribution in [3.05, 3.63) is 29.8 Å². The van der Waals surface area contributed by atoms with E-state index < -0.39 is 5.79 Å². The molecule has 1 aliphatic heterocycles. The highest BCUT2D eigenvalue weighted by Gasteiger charge is 2.36. The Bertz CT molecular complexity index is 383. The third-order valence-corrected chi connectivity index (χ3v) is 2.91. The minimum Gasteiger partial charge on any atom is -0.497 e. The van der Waals surface area contributed by atoms with Gasteiger partial charge in [-0.15, -0.1) is 0 Å². The second-order valence-corrected chi connectivity index (χ2v) is 4.45. The molecule has 17 heavy (non-hydrogen) atoms. The minimum absolute atomic E-state index is 0.00519. The molecule has 1 aromatic rings. The Morgan fingerprint density at radius 3 is 3.00 bits per heavy atom. The molecule has 1 heterocycles. The van der Waals surface area contributed by atoms with E-state index in [1.165, 1.54) is 0 Å². The lowest BCUT2D eigenvalue weighted by Crippen LogP contribution is -2.31. The largest absolute Gasteiger partial charge is 0.497 e. The number of rotatable bonds is 4. The molecule has 94 valence electrons. The van der Waals surface area contributed by atoms with Crippen molar-refractivity contribution in [2.75, 3.05) is 20.3 Å². The molecule has 1 saturated heterocycles. The van der Waals surface area contributed by atoms with Crippen molar-refractivity contribution in [2.45, 2.75) is 25.2 Å². The van der Waals surface area contributed by atoms with Gasteiger partial charge in [0.2, 0.25) is 0 Å². The SMILES string of the molecule is COc1cccc(CC2(C)OCC(CN)O2)c1. The van der Waals surface area contributed by atoms with E-state index in [4.69, 9.17) is 19.9 Å². The van der Waals surface area contributed by atoms with E-state index in [9.17, 15) is 0 Å². The van der Waals surface area contributed by atoms with Crippen molar-refractivity contribution in [1.29, 1.82) is 0 Å². The predicted octanol–water partition coefficient (Wildman–Crippen LogP) is 1.33. The zero-order valence-corrected chi connectivity index (χ0v) is 10.3. The summed E-state index contributed by atoms with van der Waals surface area (Å²) in [6, 6.07) is 7.92. The van der Waals surface area contributed by atoms with Gasteiger partial charge >= 0.3 is 0 Å². The van der Waals surface area contributed by atoms with Crippen molar-refractivity contribution in [3.8, 4) is 5.75 Å². The molecule has 2 rings (SSSR count). The van der Waals surface area contributed by atoms with Gasteiger partial charge in [0.05, 0.1) is 19.8 Å². The highest BCUT2D eigenvalue weighted by Crippen LogP contribution is 2.28. The fourth-order valence-electron chi connectivity index (χ4n) is 2.05. The number of benzene rings is 1. The molecule has 0 amide bonds. The van der Waals surface area contributed by atoms with Gasteiger partial charge in [-0.05, 0) is 24.6 Å². The number of methoxy groups -OCH3 is 1. The Hall–Kier alpha value is -1.10. The molecule has 1 aromatic carbocycles. The third-order valence-electron chi connectivity index (χ3n) is 2.91. The second kappa shape index (κ2) is 5.04. The van der Waals surface area contributed by atoms with E-state index in [2.05, 4.69) is 0 Å². The van der Waals surface area contributed by atoms with Gasteiger partial charge < -0.3 is 19.9 Å². The highest BCUT2D eigenvalue weighted by atomic mass is 16.7. The standard InChI is InChI=1S/C13H19NO3/c1-13(16-9-12(8-14)17-13)7-10-4-3-5-11(6-10)15-2/h3-6,12H,7-9,14H2,1-2H3. The van der Waals surface area contributed by atoms with Crippen LogP contribution < -0.4 is 10.5 Å². The molecular formula is C13H19NO3. The molecule has 1 fully saturated rings. The molecule has 0 bridgehead atoms. The van der Waals surface area contributed by atoms with Crippen molar-refractivity contribution >= 4 is 0 Å². The van der Waals surface area contributed by atoms with E-state index >= 15 is 0 Å². The van der Waals surface area contributed by atoms with Gasteiger partial charge in [-0.2, -0.15) is 0 Å². The minimum atomic E-state index is -0.573. The quantitative estimate of drug-likeness (QED) is 0.858. The van der Waals surface area contributed by atoms with Crippen molar-refractivity contribution < 1.29 is 14.2 Å². The molecule has 0 radical (unpaired) electrons. The van der Waals surface area contributed by atoms with Crippen LogP contribution in [-0.4, -0.2) is 32.2 Å². The van der Waals surface area contributed by atoms with E-state index in [0.29, 0.717) is 19.6 Å². The Morgan fingerprint density at radius 2 is 2.35 bits per heavy atom. The second-order valence-electron chi connectivity index (χ2n) is 4.45. The van der Waals surface area contributed by atoms with Crippen LogP contribution >= 0.6 is 0 Å². The average Bonchev–Trinajstić information content (AvgIpc) is 2.71. The first-order valence-electron chi connectivity index (χ1n) is 5.80. The van der Waals surface area contributed by atoms with Crippen LogP contribution in [0.5, 0.6) is 5.75 Å². The molecule has 0 saturated carbocycles. The first kappa shape index (κ1) is 12.4.